The summed E-state index contributed by atoms with van der Waals surface area (Å²) in [4.78, 5) is 1.10. The predicted octanol–water partition coefficient (Wildman–Crippen LogP) is 2.11. The fraction of sp³-hybridized carbons (Fsp3) is 0.889. The molecule has 1 aliphatic heterocycles. The monoisotopic (exact) mass is 169 g/mol. The minimum atomic E-state index is 0.880. The Hall–Kier alpha value is -0.110. The minimum Gasteiger partial charge on any atom is -0.379 e. The number of hydrogen-bond donors (Lipinski definition) is 1. The van der Waals surface area contributed by atoms with Crippen LogP contribution in [0, 0.1) is 11.8 Å². The molecule has 1 nitrogen and oxygen atoms in total. The summed E-state index contributed by atoms with van der Waals surface area (Å²) >= 11 is 5.12. The summed E-state index contributed by atoms with van der Waals surface area (Å²) in [7, 11) is 0. The lowest BCUT2D eigenvalue weighted by molar-refractivity contribution is 0.370. The summed E-state index contributed by atoms with van der Waals surface area (Å²) in [6.07, 6.45) is 6.98. The first-order chi connectivity index (χ1) is 5.36. The average Bonchev–Trinajstić information content (AvgIpc) is 2.55. The van der Waals surface area contributed by atoms with E-state index < -0.39 is 0 Å². The van der Waals surface area contributed by atoms with Crippen LogP contribution in [-0.4, -0.2) is 11.5 Å². The maximum Gasteiger partial charge on any atom is 0.0757 e. The highest BCUT2D eigenvalue weighted by Crippen LogP contribution is 2.34. The predicted molar refractivity (Wildman–Crippen MR) is 50.7 cm³/mol. The van der Waals surface area contributed by atoms with Gasteiger partial charge < -0.3 is 5.32 Å². The first kappa shape index (κ1) is 7.53. The van der Waals surface area contributed by atoms with E-state index in [4.69, 9.17) is 12.2 Å². The van der Waals surface area contributed by atoms with Crippen LogP contribution < -0.4 is 5.32 Å². The Labute approximate surface area is 73.6 Å². The highest BCUT2D eigenvalue weighted by atomic mass is 32.1. The second-order valence-corrected chi connectivity index (χ2v) is 4.31. The standard InChI is InChI=1S/C9H15NS/c11-9-5-8(6-10-9)7-3-1-2-4-7/h7-8H,1-6H2,(H,10,11). The number of hydrogen-bond acceptors (Lipinski definition) is 1. The molecule has 11 heavy (non-hydrogen) atoms. The van der Waals surface area contributed by atoms with E-state index in [0.717, 1.165) is 23.4 Å². The van der Waals surface area contributed by atoms with Crippen LogP contribution in [0.25, 0.3) is 0 Å². The number of rotatable bonds is 1. The van der Waals surface area contributed by atoms with E-state index in [-0.39, 0.29) is 0 Å². The molecule has 62 valence electrons. The summed E-state index contributed by atoms with van der Waals surface area (Å²) in [6, 6.07) is 0. The van der Waals surface area contributed by atoms with E-state index in [1.165, 1.54) is 32.1 Å². The first-order valence-corrected chi connectivity index (χ1v) is 5.04. The molecule has 1 atom stereocenters. The second kappa shape index (κ2) is 3.10. The smallest absolute Gasteiger partial charge is 0.0757 e. The first-order valence-electron chi connectivity index (χ1n) is 4.63. The molecule has 0 amide bonds. The largest absolute Gasteiger partial charge is 0.379 e. The summed E-state index contributed by atoms with van der Waals surface area (Å²) in [5.41, 5.74) is 0. The van der Waals surface area contributed by atoms with Crippen LogP contribution in [0.5, 0.6) is 0 Å². The molecule has 0 aromatic rings. The Morgan fingerprint density at radius 2 is 1.91 bits per heavy atom. The molecule has 0 aromatic carbocycles. The highest BCUT2D eigenvalue weighted by molar-refractivity contribution is 7.80. The molecule has 0 radical (unpaired) electrons. The molecule has 1 N–H and O–H groups in total. The van der Waals surface area contributed by atoms with Crippen LogP contribution in [0.15, 0.2) is 0 Å². The van der Waals surface area contributed by atoms with E-state index in [1.807, 2.05) is 0 Å². The van der Waals surface area contributed by atoms with E-state index in [1.54, 1.807) is 0 Å². The van der Waals surface area contributed by atoms with Crippen molar-refractivity contribution in [1.82, 2.24) is 5.32 Å². The van der Waals surface area contributed by atoms with Gasteiger partial charge in [-0.05, 0) is 11.8 Å². The normalized spacial score (nSPS) is 32.7. The molecule has 0 bridgehead atoms. The number of thiocarbonyl (C=S) groups is 1. The van der Waals surface area contributed by atoms with Gasteiger partial charge in [-0.25, -0.2) is 0 Å². The Morgan fingerprint density at radius 3 is 2.45 bits per heavy atom. The fourth-order valence-corrected chi connectivity index (χ4v) is 2.69. The zero-order valence-electron chi connectivity index (χ0n) is 6.81. The minimum absolute atomic E-state index is 0.880. The Bertz CT molecular complexity index is 161. The molecule has 1 saturated heterocycles. The van der Waals surface area contributed by atoms with Crippen molar-refractivity contribution in [3.8, 4) is 0 Å². The van der Waals surface area contributed by atoms with Crippen LogP contribution in [-0.2, 0) is 0 Å². The zero-order valence-corrected chi connectivity index (χ0v) is 7.62. The summed E-state index contributed by atoms with van der Waals surface area (Å²) in [5, 5.41) is 3.28. The maximum atomic E-state index is 5.12. The van der Waals surface area contributed by atoms with Gasteiger partial charge in [0.25, 0.3) is 0 Å². The second-order valence-electron chi connectivity index (χ2n) is 3.81. The molecular formula is C9H15NS. The molecule has 2 fully saturated rings. The molecule has 2 heteroatoms. The van der Waals surface area contributed by atoms with Crippen molar-refractivity contribution >= 4 is 17.2 Å². The van der Waals surface area contributed by atoms with Crippen LogP contribution >= 0.6 is 12.2 Å². The van der Waals surface area contributed by atoms with Gasteiger partial charge in [-0.3, -0.25) is 0 Å². The third-order valence-electron chi connectivity index (χ3n) is 3.08. The topological polar surface area (TPSA) is 12.0 Å². The molecular weight excluding hydrogens is 154 g/mol. The molecule has 0 spiro atoms. The third-order valence-corrected chi connectivity index (χ3v) is 3.39. The summed E-state index contributed by atoms with van der Waals surface area (Å²) in [6.45, 7) is 1.16. The van der Waals surface area contributed by atoms with Gasteiger partial charge in [-0.15, -0.1) is 0 Å². The van der Waals surface area contributed by atoms with Crippen LogP contribution in [0.2, 0.25) is 0 Å². The van der Waals surface area contributed by atoms with Crippen molar-refractivity contribution < 1.29 is 0 Å². The Balaban J connectivity index is 1.90. The van der Waals surface area contributed by atoms with Crippen molar-refractivity contribution in [2.24, 2.45) is 11.8 Å². The van der Waals surface area contributed by atoms with Crippen molar-refractivity contribution in [3.63, 3.8) is 0 Å². The van der Waals surface area contributed by atoms with Gasteiger partial charge in [0, 0.05) is 13.0 Å². The van der Waals surface area contributed by atoms with Gasteiger partial charge in [-0.1, -0.05) is 37.9 Å². The van der Waals surface area contributed by atoms with E-state index in [0.29, 0.717) is 0 Å². The van der Waals surface area contributed by atoms with Gasteiger partial charge >= 0.3 is 0 Å². The lowest BCUT2D eigenvalue weighted by atomic mass is 9.90. The zero-order chi connectivity index (χ0) is 7.68. The number of nitrogens with one attached hydrogen (secondary N) is 1. The molecule has 1 aliphatic carbocycles. The van der Waals surface area contributed by atoms with Crippen LogP contribution in [0.4, 0.5) is 0 Å². The summed E-state index contributed by atoms with van der Waals surface area (Å²) < 4.78 is 0. The van der Waals surface area contributed by atoms with Gasteiger partial charge in [0.1, 0.15) is 0 Å². The van der Waals surface area contributed by atoms with Gasteiger partial charge in [0.15, 0.2) is 0 Å². The van der Waals surface area contributed by atoms with Crippen LogP contribution in [0.1, 0.15) is 32.1 Å². The van der Waals surface area contributed by atoms with Gasteiger partial charge in [0.05, 0.1) is 4.99 Å². The Morgan fingerprint density at radius 1 is 1.18 bits per heavy atom. The van der Waals surface area contributed by atoms with Crippen molar-refractivity contribution in [2.75, 3.05) is 6.54 Å². The van der Waals surface area contributed by atoms with Crippen molar-refractivity contribution in [3.05, 3.63) is 0 Å². The quantitative estimate of drug-likeness (QED) is 0.603. The van der Waals surface area contributed by atoms with E-state index >= 15 is 0 Å². The van der Waals surface area contributed by atoms with Gasteiger partial charge in [-0.2, -0.15) is 0 Å². The summed E-state index contributed by atoms with van der Waals surface area (Å²) in [5.74, 6) is 1.87. The van der Waals surface area contributed by atoms with Crippen molar-refractivity contribution in [1.29, 1.82) is 0 Å². The SMILES string of the molecule is S=C1CC(C2CCCC2)CN1. The third kappa shape index (κ3) is 1.56. The lowest BCUT2D eigenvalue weighted by Crippen LogP contribution is -2.16. The molecule has 2 rings (SSSR count). The average molecular weight is 169 g/mol. The van der Waals surface area contributed by atoms with Crippen LogP contribution in [0.3, 0.4) is 0 Å². The fourth-order valence-electron chi connectivity index (χ4n) is 2.39. The molecule has 1 saturated carbocycles. The van der Waals surface area contributed by atoms with E-state index in [9.17, 15) is 0 Å². The van der Waals surface area contributed by atoms with E-state index in [2.05, 4.69) is 5.32 Å². The maximum absolute atomic E-state index is 5.12. The molecule has 1 heterocycles. The molecule has 1 unspecified atom stereocenters. The highest BCUT2D eigenvalue weighted by Gasteiger charge is 2.29. The van der Waals surface area contributed by atoms with Crippen molar-refractivity contribution in [2.45, 2.75) is 32.1 Å². The van der Waals surface area contributed by atoms with Gasteiger partial charge in [0.2, 0.25) is 0 Å². The molecule has 0 aromatic heterocycles. The lowest BCUT2D eigenvalue weighted by Gasteiger charge is -2.14. The molecule has 2 aliphatic rings. The Kier molecular flexibility index (Phi) is 2.12.